The van der Waals surface area contributed by atoms with E-state index < -0.39 is 0 Å². The fourth-order valence-corrected chi connectivity index (χ4v) is 5.87. The summed E-state index contributed by atoms with van der Waals surface area (Å²) >= 11 is 0. The van der Waals surface area contributed by atoms with Gasteiger partial charge in [-0.15, -0.1) is 0 Å². The van der Waals surface area contributed by atoms with E-state index >= 15 is 0 Å². The molecule has 5 heteroatoms. The van der Waals surface area contributed by atoms with Crippen LogP contribution >= 0.6 is 21.6 Å². The molecule has 3 saturated heterocycles. The second kappa shape index (κ2) is 5.02. The maximum atomic E-state index is 12.0. The monoisotopic (exact) mass is 273 g/mol. The molecule has 0 aromatic carbocycles. The zero-order chi connectivity index (χ0) is 11.8. The van der Waals surface area contributed by atoms with Crippen LogP contribution in [0.15, 0.2) is 0 Å². The molecule has 3 atom stereocenters. The summed E-state index contributed by atoms with van der Waals surface area (Å²) in [6.45, 7) is 0. The van der Waals surface area contributed by atoms with Crippen molar-refractivity contribution >= 4 is 27.6 Å². The topological polar surface area (TPSA) is 29.5 Å². The molecule has 0 aliphatic carbocycles. The molecule has 0 saturated carbocycles. The Morgan fingerprint density at radius 2 is 1.94 bits per heavy atom. The van der Waals surface area contributed by atoms with E-state index in [1.54, 1.807) is 21.6 Å². The predicted octanol–water partition coefficient (Wildman–Crippen LogP) is 2.31. The second-order valence-electron chi connectivity index (χ2n) is 5.28. The Morgan fingerprint density at radius 3 is 2.53 bits per heavy atom. The molecule has 3 nitrogen and oxygen atoms in total. The van der Waals surface area contributed by atoms with Gasteiger partial charge < -0.3 is 9.64 Å². The van der Waals surface area contributed by atoms with E-state index in [0.29, 0.717) is 12.1 Å². The minimum Gasteiger partial charge on any atom is -0.461 e. The van der Waals surface area contributed by atoms with Crippen molar-refractivity contribution in [1.82, 2.24) is 4.90 Å². The molecular formula is C12H19NO2S2. The van der Waals surface area contributed by atoms with Crippen LogP contribution in [-0.4, -0.2) is 47.1 Å². The van der Waals surface area contributed by atoms with Crippen molar-refractivity contribution in [3.8, 4) is 0 Å². The maximum Gasteiger partial charge on any atom is 0.320 e. The minimum absolute atomic E-state index is 0.0361. The fraction of sp³-hybridized carbons (Fsp3) is 0.917. The summed E-state index contributed by atoms with van der Waals surface area (Å²) in [6.07, 6.45) is 5.81. The number of carbonyl (C=O) groups is 1. The highest BCUT2D eigenvalue weighted by Gasteiger charge is 2.40. The van der Waals surface area contributed by atoms with Crippen molar-refractivity contribution in [2.75, 3.05) is 12.8 Å². The van der Waals surface area contributed by atoms with Gasteiger partial charge in [0.2, 0.25) is 0 Å². The van der Waals surface area contributed by atoms with Crippen LogP contribution in [0, 0.1) is 0 Å². The molecule has 96 valence electrons. The lowest BCUT2D eigenvalue weighted by Crippen LogP contribution is -2.44. The molecule has 0 radical (unpaired) electrons. The molecule has 3 heterocycles. The number of carbonyl (C=O) groups excluding carboxylic acids is 1. The average Bonchev–Trinajstić information content (AvgIpc) is 2.88. The van der Waals surface area contributed by atoms with E-state index in [4.69, 9.17) is 4.74 Å². The van der Waals surface area contributed by atoms with Gasteiger partial charge in [-0.2, -0.15) is 0 Å². The Morgan fingerprint density at radius 1 is 1.24 bits per heavy atom. The van der Waals surface area contributed by atoms with Gasteiger partial charge in [0.25, 0.3) is 0 Å². The largest absolute Gasteiger partial charge is 0.461 e. The lowest BCUT2D eigenvalue weighted by molar-refractivity contribution is -0.151. The van der Waals surface area contributed by atoms with Crippen molar-refractivity contribution in [2.24, 2.45) is 0 Å². The zero-order valence-electron chi connectivity index (χ0n) is 10.1. The van der Waals surface area contributed by atoms with Crippen LogP contribution in [0.2, 0.25) is 0 Å². The summed E-state index contributed by atoms with van der Waals surface area (Å²) in [5.41, 5.74) is 0. The van der Waals surface area contributed by atoms with Gasteiger partial charge in [0.05, 0.1) is 0 Å². The number of nitrogens with zero attached hydrogens (tertiary/aromatic N) is 1. The van der Waals surface area contributed by atoms with Crippen LogP contribution in [0.5, 0.6) is 0 Å². The molecule has 17 heavy (non-hydrogen) atoms. The molecule has 3 aliphatic heterocycles. The Labute approximate surface area is 110 Å². The van der Waals surface area contributed by atoms with Gasteiger partial charge in [0.1, 0.15) is 11.4 Å². The van der Waals surface area contributed by atoms with E-state index in [2.05, 4.69) is 11.9 Å². The van der Waals surface area contributed by atoms with Crippen molar-refractivity contribution in [3.63, 3.8) is 0 Å². The number of esters is 1. The van der Waals surface area contributed by atoms with Crippen LogP contribution in [0.3, 0.4) is 0 Å². The van der Waals surface area contributed by atoms with E-state index in [1.807, 2.05) is 0 Å². The SMILES string of the molecule is CN1C2CCC1CC(OC(=O)C1CCSS1)C2. The summed E-state index contributed by atoms with van der Waals surface area (Å²) in [5.74, 6) is 1.12. The van der Waals surface area contributed by atoms with E-state index in [0.717, 1.165) is 25.0 Å². The van der Waals surface area contributed by atoms with Crippen LogP contribution in [0.4, 0.5) is 0 Å². The normalized spacial score (nSPS) is 41.7. The highest BCUT2D eigenvalue weighted by atomic mass is 33.1. The van der Waals surface area contributed by atoms with Crippen LogP contribution < -0.4 is 0 Å². The average molecular weight is 273 g/mol. The van der Waals surface area contributed by atoms with Crippen LogP contribution in [0.1, 0.15) is 32.1 Å². The first-order valence-electron chi connectivity index (χ1n) is 6.45. The lowest BCUT2D eigenvalue weighted by atomic mass is 10.0. The van der Waals surface area contributed by atoms with E-state index in [-0.39, 0.29) is 17.3 Å². The number of hydrogen-bond acceptors (Lipinski definition) is 5. The molecule has 0 N–H and O–H groups in total. The highest BCUT2D eigenvalue weighted by Crippen LogP contribution is 2.40. The van der Waals surface area contributed by atoms with Gasteiger partial charge >= 0.3 is 5.97 Å². The lowest BCUT2D eigenvalue weighted by Gasteiger charge is -2.36. The number of hydrogen-bond donors (Lipinski definition) is 0. The van der Waals surface area contributed by atoms with Crippen molar-refractivity contribution in [1.29, 1.82) is 0 Å². The molecular weight excluding hydrogens is 254 g/mol. The van der Waals surface area contributed by atoms with Crippen molar-refractivity contribution in [3.05, 3.63) is 0 Å². The van der Waals surface area contributed by atoms with Gasteiger partial charge in [-0.1, -0.05) is 21.6 Å². The Bertz CT molecular complexity index is 293. The minimum atomic E-state index is 0.0361. The molecule has 0 spiro atoms. The molecule has 3 aliphatic rings. The third kappa shape index (κ3) is 2.47. The molecule has 3 unspecified atom stereocenters. The first-order chi connectivity index (χ1) is 8.24. The van der Waals surface area contributed by atoms with E-state index in [9.17, 15) is 4.79 Å². The van der Waals surface area contributed by atoms with Crippen molar-refractivity contribution in [2.45, 2.75) is 55.5 Å². The molecule has 2 bridgehead atoms. The summed E-state index contributed by atoms with van der Waals surface area (Å²) in [6, 6.07) is 1.30. The first kappa shape index (κ1) is 12.2. The smallest absolute Gasteiger partial charge is 0.320 e. The summed E-state index contributed by atoms with van der Waals surface area (Å²) in [7, 11) is 5.69. The third-order valence-electron chi connectivity index (χ3n) is 4.25. The van der Waals surface area contributed by atoms with E-state index in [1.165, 1.54) is 12.8 Å². The maximum absolute atomic E-state index is 12.0. The molecule has 0 aromatic heterocycles. The Balaban J connectivity index is 1.54. The highest BCUT2D eigenvalue weighted by molar-refractivity contribution is 8.77. The number of ether oxygens (including phenoxy) is 1. The second-order valence-corrected chi connectivity index (χ2v) is 7.97. The zero-order valence-corrected chi connectivity index (χ0v) is 11.8. The van der Waals surface area contributed by atoms with Gasteiger partial charge in [-0.25, -0.2) is 0 Å². The van der Waals surface area contributed by atoms with Gasteiger partial charge in [-0.05, 0) is 39.2 Å². The quantitative estimate of drug-likeness (QED) is 0.569. The Hall–Kier alpha value is 0.130. The number of rotatable bonds is 2. The predicted molar refractivity (Wildman–Crippen MR) is 72.1 cm³/mol. The first-order valence-corrected chi connectivity index (χ1v) is 8.83. The van der Waals surface area contributed by atoms with Gasteiger partial charge in [-0.3, -0.25) is 4.79 Å². The number of piperidine rings is 1. The number of fused-ring (bicyclic) bond motifs is 2. The molecule has 3 rings (SSSR count). The molecule has 0 aromatic rings. The molecule has 0 amide bonds. The van der Waals surface area contributed by atoms with Gasteiger partial charge in [0, 0.05) is 17.8 Å². The van der Waals surface area contributed by atoms with Crippen LogP contribution in [-0.2, 0) is 9.53 Å². The Kier molecular flexibility index (Phi) is 3.59. The van der Waals surface area contributed by atoms with Crippen LogP contribution in [0.25, 0.3) is 0 Å². The van der Waals surface area contributed by atoms with Crippen molar-refractivity contribution < 1.29 is 9.53 Å². The fourth-order valence-electron chi connectivity index (χ4n) is 3.19. The molecule has 3 fully saturated rings. The summed E-state index contributed by atoms with van der Waals surface area (Å²) in [5, 5.41) is 0.0947. The third-order valence-corrected chi connectivity index (χ3v) is 7.05. The summed E-state index contributed by atoms with van der Waals surface area (Å²) in [4.78, 5) is 14.4. The van der Waals surface area contributed by atoms with Gasteiger partial charge in [0.15, 0.2) is 0 Å². The standard InChI is InChI=1S/C12H19NO2S2/c1-13-8-2-3-9(13)7-10(6-8)15-12(14)11-4-5-16-17-11/h8-11H,2-7H2,1H3. The summed E-state index contributed by atoms with van der Waals surface area (Å²) < 4.78 is 5.70.